The number of amides is 2. The van der Waals surface area contributed by atoms with Gasteiger partial charge in [-0.3, -0.25) is 9.59 Å². The van der Waals surface area contributed by atoms with E-state index in [1.54, 1.807) is 4.90 Å². The molecule has 1 aliphatic rings. The molecule has 0 bridgehead atoms. The van der Waals surface area contributed by atoms with E-state index in [4.69, 9.17) is 0 Å². The van der Waals surface area contributed by atoms with Crippen molar-refractivity contribution >= 4 is 11.8 Å². The van der Waals surface area contributed by atoms with Crippen LogP contribution in [-0.2, 0) is 15.0 Å². The third-order valence-corrected chi connectivity index (χ3v) is 4.60. The lowest BCUT2D eigenvalue weighted by atomic mass is 9.86. The molecule has 2 unspecified atom stereocenters. The van der Waals surface area contributed by atoms with Gasteiger partial charge in [0.2, 0.25) is 11.8 Å². The highest BCUT2D eigenvalue weighted by atomic mass is 16.3. The summed E-state index contributed by atoms with van der Waals surface area (Å²) in [6, 6.07) is 7.81. The Morgan fingerprint density at radius 2 is 1.96 bits per heavy atom. The zero-order valence-electron chi connectivity index (χ0n) is 15.0. The Kier molecular flexibility index (Phi) is 5.65. The van der Waals surface area contributed by atoms with E-state index < -0.39 is 6.10 Å². The Hall–Kier alpha value is -1.88. The molecular weight excluding hydrogens is 304 g/mol. The van der Waals surface area contributed by atoms with Gasteiger partial charge in [-0.05, 0) is 23.5 Å². The number of benzene rings is 1. The maximum Gasteiger partial charge on any atom is 0.225 e. The first kappa shape index (κ1) is 18.5. The Balaban J connectivity index is 1.88. The van der Waals surface area contributed by atoms with Crippen LogP contribution in [-0.4, -0.2) is 41.5 Å². The van der Waals surface area contributed by atoms with Gasteiger partial charge in [0.15, 0.2) is 0 Å². The number of hydrogen-bond donors (Lipinski definition) is 2. The quantitative estimate of drug-likeness (QED) is 0.866. The van der Waals surface area contributed by atoms with Gasteiger partial charge >= 0.3 is 0 Å². The maximum absolute atomic E-state index is 12.2. The van der Waals surface area contributed by atoms with E-state index in [0.29, 0.717) is 13.1 Å². The van der Waals surface area contributed by atoms with Gasteiger partial charge in [-0.1, -0.05) is 45.0 Å². The van der Waals surface area contributed by atoms with Crippen molar-refractivity contribution in [3.05, 3.63) is 35.4 Å². The fraction of sp³-hybridized carbons (Fsp3) is 0.579. The van der Waals surface area contributed by atoms with Crippen LogP contribution in [0.3, 0.4) is 0 Å². The predicted octanol–water partition coefficient (Wildman–Crippen LogP) is 2.00. The number of carbonyl (C=O) groups is 2. The van der Waals surface area contributed by atoms with Crippen molar-refractivity contribution < 1.29 is 14.7 Å². The first-order valence-corrected chi connectivity index (χ1v) is 8.56. The number of aliphatic hydroxyl groups excluding tert-OH is 1. The Bertz CT molecular complexity index is 590. The van der Waals surface area contributed by atoms with Crippen LogP contribution in [0.2, 0.25) is 0 Å². The molecule has 132 valence electrons. The second kappa shape index (κ2) is 7.34. The molecule has 1 saturated heterocycles. The summed E-state index contributed by atoms with van der Waals surface area (Å²) in [5.74, 6) is -0.450. The van der Waals surface area contributed by atoms with Crippen LogP contribution in [0.15, 0.2) is 24.3 Å². The molecule has 0 radical (unpaired) electrons. The van der Waals surface area contributed by atoms with Crippen LogP contribution < -0.4 is 5.32 Å². The van der Waals surface area contributed by atoms with E-state index >= 15 is 0 Å². The minimum atomic E-state index is -0.748. The molecule has 0 spiro atoms. The molecular formula is C19H28N2O3. The topological polar surface area (TPSA) is 69.6 Å². The molecule has 5 nitrogen and oxygen atoms in total. The summed E-state index contributed by atoms with van der Waals surface area (Å²) in [5, 5.41) is 13.0. The molecule has 2 atom stereocenters. The lowest BCUT2D eigenvalue weighted by molar-refractivity contribution is -0.129. The van der Waals surface area contributed by atoms with Crippen molar-refractivity contribution in [2.24, 2.45) is 5.92 Å². The summed E-state index contributed by atoms with van der Waals surface area (Å²) >= 11 is 0. The van der Waals surface area contributed by atoms with Gasteiger partial charge in [-0.25, -0.2) is 0 Å². The van der Waals surface area contributed by atoms with Crippen molar-refractivity contribution in [3.63, 3.8) is 0 Å². The average molecular weight is 332 g/mol. The van der Waals surface area contributed by atoms with Crippen molar-refractivity contribution in [2.75, 3.05) is 19.6 Å². The van der Waals surface area contributed by atoms with Gasteiger partial charge in [-0.2, -0.15) is 0 Å². The number of aliphatic hydroxyl groups is 1. The third-order valence-electron chi connectivity index (χ3n) is 4.60. The highest BCUT2D eigenvalue weighted by Crippen LogP contribution is 2.24. The Labute approximate surface area is 144 Å². The molecule has 24 heavy (non-hydrogen) atoms. The van der Waals surface area contributed by atoms with Crippen molar-refractivity contribution in [1.29, 1.82) is 0 Å². The Morgan fingerprint density at radius 3 is 2.46 bits per heavy atom. The zero-order chi connectivity index (χ0) is 17.9. The minimum absolute atomic E-state index is 0.0240. The molecule has 1 aromatic rings. The van der Waals surface area contributed by atoms with E-state index in [1.807, 2.05) is 31.2 Å². The third kappa shape index (κ3) is 4.35. The van der Waals surface area contributed by atoms with Gasteiger partial charge < -0.3 is 15.3 Å². The number of hydrogen-bond acceptors (Lipinski definition) is 3. The summed E-state index contributed by atoms with van der Waals surface area (Å²) in [6.45, 7) is 9.58. The number of nitrogens with zero attached hydrogens (tertiary/aromatic N) is 1. The van der Waals surface area contributed by atoms with E-state index in [1.165, 1.54) is 5.56 Å². The monoisotopic (exact) mass is 332 g/mol. The van der Waals surface area contributed by atoms with Crippen LogP contribution in [0.25, 0.3) is 0 Å². The summed E-state index contributed by atoms with van der Waals surface area (Å²) in [5.41, 5.74) is 2.05. The van der Waals surface area contributed by atoms with Gasteiger partial charge in [0.1, 0.15) is 0 Å². The van der Waals surface area contributed by atoms with E-state index in [-0.39, 0.29) is 36.1 Å². The van der Waals surface area contributed by atoms with E-state index in [9.17, 15) is 14.7 Å². The van der Waals surface area contributed by atoms with Crippen LogP contribution in [0.1, 0.15) is 51.3 Å². The molecule has 2 rings (SSSR count). The Morgan fingerprint density at radius 1 is 1.33 bits per heavy atom. The number of likely N-dealkylation sites (tertiary alicyclic amines) is 1. The normalized spacial score (nSPS) is 19.5. The number of carbonyl (C=O) groups excluding carboxylic acids is 2. The fourth-order valence-electron chi connectivity index (χ4n) is 2.92. The molecule has 1 aliphatic heterocycles. The minimum Gasteiger partial charge on any atom is -0.387 e. The highest BCUT2D eigenvalue weighted by Gasteiger charge is 2.33. The van der Waals surface area contributed by atoms with Crippen molar-refractivity contribution in [3.8, 4) is 0 Å². The molecule has 1 heterocycles. The lowest BCUT2D eigenvalue weighted by Gasteiger charge is -2.20. The van der Waals surface area contributed by atoms with Crippen LogP contribution >= 0.6 is 0 Å². The molecule has 0 saturated carbocycles. The number of nitrogens with one attached hydrogen (secondary N) is 1. The average Bonchev–Trinajstić information content (AvgIpc) is 2.92. The first-order chi connectivity index (χ1) is 11.2. The van der Waals surface area contributed by atoms with E-state index in [0.717, 1.165) is 5.56 Å². The van der Waals surface area contributed by atoms with Crippen LogP contribution in [0, 0.1) is 5.92 Å². The van der Waals surface area contributed by atoms with Crippen LogP contribution in [0.4, 0.5) is 0 Å². The molecule has 0 aliphatic carbocycles. The first-order valence-electron chi connectivity index (χ1n) is 8.56. The molecule has 2 N–H and O–H groups in total. The lowest BCUT2D eigenvalue weighted by Crippen LogP contribution is -2.35. The van der Waals surface area contributed by atoms with Gasteiger partial charge in [0.25, 0.3) is 0 Å². The zero-order valence-corrected chi connectivity index (χ0v) is 15.0. The summed E-state index contributed by atoms with van der Waals surface area (Å²) < 4.78 is 0. The summed E-state index contributed by atoms with van der Waals surface area (Å²) in [6.07, 6.45) is -0.488. The predicted molar refractivity (Wildman–Crippen MR) is 93.5 cm³/mol. The van der Waals surface area contributed by atoms with Crippen molar-refractivity contribution in [2.45, 2.75) is 45.6 Å². The van der Waals surface area contributed by atoms with E-state index in [2.05, 4.69) is 26.1 Å². The standard InChI is InChI=1S/C19H28N2O3/c1-5-21-12-14(10-17(21)23)18(24)20-11-16(22)13-6-8-15(9-7-13)19(2,3)4/h6-9,14,16,22H,5,10-12H2,1-4H3,(H,20,24). The molecule has 0 aromatic heterocycles. The van der Waals surface area contributed by atoms with Crippen LogP contribution in [0.5, 0.6) is 0 Å². The smallest absolute Gasteiger partial charge is 0.225 e. The van der Waals surface area contributed by atoms with Gasteiger partial charge in [0.05, 0.1) is 12.0 Å². The molecule has 1 aromatic carbocycles. The maximum atomic E-state index is 12.2. The van der Waals surface area contributed by atoms with Gasteiger partial charge in [-0.15, -0.1) is 0 Å². The fourth-order valence-corrected chi connectivity index (χ4v) is 2.92. The van der Waals surface area contributed by atoms with Gasteiger partial charge in [0, 0.05) is 26.1 Å². The largest absolute Gasteiger partial charge is 0.387 e. The molecule has 1 fully saturated rings. The number of rotatable bonds is 5. The molecule has 5 heteroatoms. The molecule has 2 amide bonds. The summed E-state index contributed by atoms with van der Waals surface area (Å²) in [7, 11) is 0. The highest BCUT2D eigenvalue weighted by molar-refractivity contribution is 5.89. The SMILES string of the molecule is CCN1CC(C(=O)NCC(O)c2ccc(C(C)(C)C)cc2)CC1=O. The second-order valence-electron chi connectivity index (χ2n) is 7.47. The second-order valence-corrected chi connectivity index (χ2v) is 7.47. The summed E-state index contributed by atoms with van der Waals surface area (Å²) in [4.78, 5) is 25.5. The van der Waals surface area contributed by atoms with Crippen molar-refractivity contribution in [1.82, 2.24) is 10.2 Å².